The van der Waals surface area contributed by atoms with Crippen molar-refractivity contribution >= 4 is 11.7 Å². The summed E-state index contributed by atoms with van der Waals surface area (Å²) in [6.07, 6.45) is 1.42. The molecule has 0 amide bonds. The molecule has 1 atom stereocenters. The molecule has 4 heteroatoms. The summed E-state index contributed by atoms with van der Waals surface area (Å²) >= 11 is 0. The van der Waals surface area contributed by atoms with Crippen LogP contribution in [0.1, 0.15) is 55.0 Å². The van der Waals surface area contributed by atoms with Gasteiger partial charge in [-0.3, -0.25) is 4.79 Å². The molecule has 0 saturated heterocycles. The summed E-state index contributed by atoms with van der Waals surface area (Å²) in [5.74, 6) is 0.825. The number of rotatable bonds is 1. The Labute approximate surface area is 141 Å². The van der Waals surface area contributed by atoms with Crippen LogP contribution in [0.4, 0.5) is 5.88 Å². The van der Waals surface area contributed by atoms with E-state index in [1.165, 1.54) is 5.56 Å². The topological polar surface area (TPSA) is 55.1 Å². The third kappa shape index (κ3) is 2.20. The van der Waals surface area contributed by atoms with Crippen LogP contribution < -0.4 is 5.32 Å². The van der Waals surface area contributed by atoms with Gasteiger partial charge in [0, 0.05) is 23.6 Å². The third-order valence-corrected chi connectivity index (χ3v) is 5.17. The number of benzene rings is 1. The SMILES string of the molecule is Cc1ccccc1[C@@H]1C2=C(CC(C)(C)CC2=O)Nc2onc(C)c21. The fraction of sp³-hybridized carbons (Fsp3) is 0.400. The largest absolute Gasteiger partial charge is 0.338 e. The quantitative estimate of drug-likeness (QED) is 0.840. The fourth-order valence-corrected chi connectivity index (χ4v) is 4.09. The van der Waals surface area contributed by atoms with Gasteiger partial charge in [-0.25, -0.2) is 0 Å². The lowest BCUT2D eigenvalue weighted by atomic mass is 9.68. The van der Waals surface area contributed by atoms with Crippen LogP contribution in [-0.2, 0) is 4.79 Å². The van der Waals surface area contributed by atoms with Crippen molar-refractivity contribution in [2.24, 2.45) is 5.41 Å². The van der Waals surface area contributed by atoms with Crippen LogP contribution in [-0.4, -0.2) is 10.9 Å². The summed E-state index contributed by atoms with van der Waals surface area (Å²) in [6.45, 7) is 8.32. The van der Waals surface area contributed by atoms with Crippen LogP contribution in [0.2, 0.25) is 0 Å². The van der Waals surface area contributed by atoms with Crippen LogP contribution in [0.5, 0.6) is 0 Å². The van der Waals surface area contributed by atoms with Gasteiger partial charge in [0.05, 0.1) is 11.3 Å². The normalized spacial score (nSPS) is 22.0. The van der Waals surface area contributed by atoms with Crippen LogP contribution >= 0.6 is 0 Å². The second kappa shape index (κ2) is 5.07. The van der Waals surface area contributed by atoms with Crippen molar-refractivity contribution in [3.8, 4) is 0 Å². The van der Waals surface area contributed by atoms with E-state index in [0.717, 1.165) is 34.5 Å². The van der Waals surface area contributed by atoms with E-state index in [4.69, 9.17) is 4.52 Å². The molecule has 0 spiro atoms. The number of nitrogens with zero attached hydrogens (tertiary/aromatic N) is 1. The summed E-state index contributed by atoms with van der Waals surface area (Å²) in [5.41, 5.74) is 6.03. The van der Waals surface area contributed by atoms with E-state index in [1.807, 2.05) is 19.1 Å². The van der Waals surface area contributed by atoms with Crippen LogP contribution in [0, 0.1) is 19.3 Å². The van der Waals surface area contributed by atoms with E-state index < -0.39 is 0 Å². The molecular formula is C20H22N2O2. The Bertz CT molecular complexity index is 874. The molecule has 0 bridgehead atoms. The predicted octanol–water partition coefficient (Wildman–Crippen LogP) is 4.49. The minimum absolute atomic E-state index is 0.0359. The number of hydrogen-bond donors (Lipinski definition) is 1. The van der Waals surface area contributed by atoms with E-state index >= 15 is 0 Å². The second-order valence-electron chi connectivity index (χ2n) is 7.76. The molecule has 0 fully saturated rings. The molecule has 0 unspecified atom stereocenters. The number of ketones is 1. The van der Waals surface area contributed by atoms with Crippen molar-refractivity contribution in [1.82, 2.24) is 5.16 Å². The first-order valence-corrected chi connectivity index (χ1v) is 8.42. The van der Waals surface area contributed by atoms with E-state index in [-0.39, 0.29) is 17.1 Å². The summed E-state index contributed by atoms with van der Waals surface area (Å²) in [4.78, 5) is 13.0. The number of carbonyl (C=O) groups is 1. The Morgan fingerprint density at radius 3 is 2.71 bits per heavy atom. The zero-order valence-corrected chi connectivity index (χ0v) is 14.6. The maximum Gasteiger partial charge on any atom is 0.233 e. The number of aryl methyl sites for hydroxylation is 2. The van der Waals surface area contributed by atoms with Crippen molar-refractivity contribution in [3.05, 3.63) is 57.9 Å². The molecule has 2 aromatic rings. The maximum atomic E-state index is 13.0. The standard InChI is InChI=1S/C20H22N2O2/c1-11-7-5-6-8-13(11)17-16-12(2)22-24-19(16)21-14-9-20(3,4)10-15(23)18(14)17/h5-8,17,21H,9-10H2,1-4H3/t17-/m0/s1. The van der Waals surface area contributed by atoms with Gasteiger partial charge >= 0.3 is 0 Å². The molecule has 0 radical (unpaired) electrons. The highest BCUT2D eigenvalue weighted by atomic mass is 16.5. The average Bonchev–Trinajstić information content (AvgIpc) is 2.86. The highest BCUT2D eigenvalue weighted by Gasteiger charge is 2.43. The first-order chi connectivity index (χ1) is 11.4. The zero-order valence-electron chi connectivity index (χ0n) is 14.6. The number of hydrogen-bond acceptors (Lipinski definition) is 4. The number of anilines is 1. The van der Waals surface area contributed by atoms with E-state index in [1.54, 1.807) is 0 Å². The van der Waals surface area contributed by atoms with Crippen LogP contribution in [0.3, 0.4) is 0 Å². The molecule has 1 aliphatic heterocycles. The van der Waals surface area contributed by atoms with Crippen molar-refractivity contribution < 1.29 is 9.32 Å². The summed E-state index contributed by atoms with van der Waals surface area (Å²) in [7, 11) is 0. The number of allylic oxidation sites excluding steroid dienone is 2. The molecule has 0 saturated carbocycles. The van der Waals surface area contributed by atoms with Crippen molar-refractivity contribution in [1.29, 1.82) is 0 Å². The fourth-order valence-electron chi connectivity index (χ4n) is 4.09. The van der Waals surface area contributed by atoms with E-state index in [0.29, 0.717) is 12.3 Å². The van der Waals surface area contributed by atoms with Crippen molar-refractivity contribution in [2.45, 2.75) is 46.5 Å². The molecule has 2 heterocycles. The highest BCUT2D eigenvalue weighted by molar-refractivity contribution is 6.01. The lowest BCUT2D eigenvalue weighted by Crippen LogP contribution is -2.33. The Balaban J connectivity index is 1.97. The first-order valence-electron chi connectivity index (χ1n) is 8.42. The van der Waals surface area contributed by atoms with Gasteiger partial charge in [0.25, 0.3) is 0 Å². The third-order valence-electron chi connectivity index (χ3n) is 5.17. The van der Waals surface area contributed by atoms with Gasteiger partial charge in [-0.1, -0.05) is 43.3 Å². The Kier molecular flexibility index (Phi) is 3.21. The number of fused-ring (bicyclic) bond motifs is 1. The Hall–Kier alpha value is -2.36. The van der Waals surface area contributed by atoms with Crippen LogP contribution in [0.25, 0.3) is 0 Å². The number of Topliss-reactive ketones (excluding diaryl/α,β-unsaturated/α-hetero) is 1. The monoisotopic (exact) mass is 322 g/mol. The van der Waals surface area contributed by atoms with E-state index in [2.05, 4.69) is 43.4 Å². The van der Waals surface area contributed by atoms with Gasteiger partial charge in [0.2, 0.25) is 5.88 Å². The van der Waals surface area contributed by atoms with Gasteiger partial charge < -0.3 is 9.84 Å². The molecule has 24 heavy (non-hydrogen) atoms. The molecule has 2 aliphatic rings. The number of carbonyl (C=O) groups excluding carboxylic acids is 1. The number of nitrogens with one attached hydrogen (secondary N) is 1. The van der Waals surface area contributed by atoms with Gasteiger partial charge in [-0.15, -0.1) is 0 Å². The molecule has 4 rings (SSSR count). The van der Waals surface area contributed by atoms with Crippen molar-refractivity contribution in [2.75, 3.05) is 5.32 Å². The summed E-state index contributed by atoms with van der Waals surface area (Å²) in [5, 5.41) is 7.50. The Morgan fingerprint density at radius 2 is 1.96 bits per heavy atom. The smallest absolute Gasteiger partial charge is 0.233 e. The van der Waals surface area contributed by atoms with Gasteiger partial charge in [-0.2, -0.15) is 0 Å². The highest BCUT2D eigenvalue weighted by Crippen LogP contribution is 2.50. The summed E-state index contributed by atoms with van der Waals surface area (Å²) < 4.78 is 5.52. The van der Waals surface area contributed by atoms with Gasteiger partial charge in [0.1, 0.15) is 0 Å². The Morgan fingerprint density at radius 1 is 1.21 bits per heavy atom. The molecule has 1 aliphatic carbocycles. The molecule has 1 N–H and O–H groups in total. The minimum Gasteiger partial charge on any atom is -0.338 e. The molecule has 1 aromatic heterocycles. The zero-order chi connectivity index (χ0) is 17.1. The lowest BCUT2D eigenvalue weighted by Gasteiger charge is -2.38. The van der Waals surface area contributed by atoms with Gasteiger partial charge in [0.15, 0.2) is 5.78 Å². The van der Waals surface area contributed by atoms with Gasteiger partial charge in [-0.05, 0) is 36.8 Å². The maximum absolute atomic E-state index is 13.0. The molecule has 4 nitrogen and oxygen atoms in total. The van der Waals surface area contributed by atoms with Crippen molar-refractivity contribution in [3.63, 3.8) is 0 Å². The lowest BCUT2D eigenvalue weighted by molar-refractivity contribution is -0.118. The number of aromatic nitrogens is 1. The predicted molar refractivity (Wildman–Crippen MR) is 92.9 cm³/mol. The molecule has 124 valence electrons. The molecule has 1 aromatic carbocycles. The molecular weight excluding hydrogens is 300 g/mol. The minimum atomic E-state index is -0.0905. The van der Waals surface area contributed by atoms with Crippen LogP contribution in [0.15, 0.2) is 40.1 Å². The summed E-state index contributed by atoms with van der Waals surface area (Å²) in [6, 6.07) is 8.27. The first kappa shape index (κ1) is 15.2. The second-order valence-corrected chi connectivity index (χ2v) is 7.76. The average molecular weight is 322 g/mol. The van der Waals surface area contributed by atoms with E-state index in [9.17, 15) is 4.79 Å².